The molecule has 9 heteroatoms. The third-order valence-corrected chi connectivity index (χ3v) is 5.42. The molecule has 1 atom stereocenters. The first kappa shape index (κ1) is 22.4. The van der Waals surface area contributed by atoms with Crippen molar-refractivity contribution in [2.24, 2.45) is 0 Å². The summed E-state index contributed by atoms with van der Waals surface area (Å²) in [6.45, 7) is 6.56. The van der Waals surface area contributed by atoms with Gasteiger partial charge in [0, 0.05) is 11.7 Å². The van der Waals surface area contributed by atoms with Crippen LogP contribution < -0.4 is 10.0 Å². The van der Waals surface area contributed by atoms with E-state index < -0.39 is 33.8 Å². The second kappa shape index (κ2) is 9.04. The van der Waals surface area contributed by atoms with Crippen LogP contribution >= 0.6 is 0 Å². The molecular formula is C20H23FN2O5S. The number of ether oxygens (including phenoxy) is 1. The number of aryl methyl sites for hydroxylation is 1. The Labute approximate surface area is 169 Å². The molecule has 0 fully saturated rings. The van der Waals surface area contributed by atoms with Crippen molar-refractivity contribution in [2.75, 3.05) is 4.72 Å². The van der Waals surface area contributed by atoms with Gasteiger partial charge in [-0.1, -0.05) is 6.07 Å². The molecule has 0 aliphatic rings. The normalized spacial score (nSPS) is 12.3. The van der Waals surface area contributed by atoms with Gasteiger partial charge < -0.3 is 10.1 Å². The minimum Gasteiger partial charge on any atom is -0.449 e. The number of nitrogens with one attached hydrogen (secondary N) is 2. The number of carbonyl (C=O) groups excluding carboxylic acids is 2. The van der Waals surface area contributed by atoms with Gasteiger partial charge in [-0.25, -0.2) is 17.6 Å². The van der Waals surface area contributed by atoms with Crippen molar-refractivity contribution < 1.29 is 27.1 Å². The van der Waals surface area contributed by atoms with E-state index in [0.29, 0.717) is 5.56 Å². The third kappa shape index (κ3) is 6.02. The lowest BCUT2D eigenvalue weighted by molar-refractivity contribution is -0.129. The Hall–Kier alpha value is -2.94. The summed E-state index contributed by atoms with van der Waals surface area (Å²) in [7, 11) is -4.03. The van der Waals surface area contributed by atoms with Crippen LogP contribution in [0.4, 0.5) is 10.1 Å². The molecule has 0 unspecified atom stereocenters. The highest BCUT2D eigenvalue weighted by atomic mass is 32.2. The number of carbonyl (C=O) groups is 2. The molecule has 0 aliphatic carbocycles. The third-order valence-electron chi connectivity index (χ3n) is 3.89. The van der Waals surface area contributed by atoms with Crippen LogP contribution in [-0.4, -0.2) is 32.4 Å². The summed E-state index contributed by atoms with van der Waals surface area (Å²) >= 11 is 0. The molecule has 7 nitrogen and oxygen atoms in total. The molecule has 0 saturated heterocycles. The van der Waals surface area contributed by atoms with Gasteiger partial charge in [0.05, 0.1) is 10.5 Å². The molecule has 2 N–H and O–H groups in total. The lowest BCUT2D eigenvalue weighted by atomic mass is 10.1. The summed E-state index contributed by atoms with van der Waals surface area (Å²) in [5, 5.41) is 2.63. The van der Waals surface area contributed by atoms with E-state index in [0.717, 1.165) is 12.1 Å². The predicted octanol–water partition coefficient (Wildman–Crippen LogP) is 3.00. The molecule has 0 aliphatic heterocycles. The zero-order valence-electron chi connectivity index (χ0n) is 16.5. The molecule has 0 aromatic heterocycles. The highest BCUT2D eigenvalue weighted by Gasteiger charge is 2.23. The molecule has 0 spiro atoms. The van der Waals surface area contributed by atoms with Crippen LogP contribution in [0.5, 0.6) is 0 Å². The molecule has 0 bridgehead atoms. The van der Waals surface area contributed by atoms with E-state index in [1.54, 1.807) is 20.8 Å². The predicted molar refractivity (Wildman–Crippen MR) is 107 cm³/mol. The van der Waals surface area contributed by atoms with Crippen LogP contribution in [0.2, 0.25) is 0 Å². The van der Waals surface area contributed by atoms with Gasteiger partial charge in [-0.3, -0.25) is 9.52 Å². The van der Waals surface area contributed by atoms with Crippen LogP contribution in [-0.2, 0) is 19.6 Å². The SMILES string of the molecule is Cc1ccc(C(=O)O[C@@H](C)C(=O)NC(C)C)cc1S(=O)(=O)Nc1ccc(F)cc1. The van der Waals surface area contributed by atoms with Gasteiger partial charge in [-0.05, 0) is 69.7 Å². The number of hydrogen-bond acceptors (Lipinski definition) is 5. The first-order valence-corrected chi connectivity index (χ1v) is 10.4. The Morgan fingerprint density at radius 1 is 1.03 bits per heavy atom. The van der Waals surface area contributed by atoms with E-state index in [1.807, 2.05) is 0 Å². The molecule has 1 amide bonds. The van der Waals surface area contributed by atoms with Gasteiger partial charge in [0.2, 0.25) is 0 Å². The van der Waals surface area contributed by atoms with E-state index >= 15 is 0 Å². The molecular weight excluding hydrogens is 399 g/mol. The number of sulfonamides is 1. The van der Waals surface area contributed by atoms with Crippen LogP contribution in [0, 0.1) is 12.7 Å². The fourth-order valence-electron chi connectivity index (χ4n) is 2.43. The number of halogens is 1. The standard InChI is InChI=1S/C20H23FN2O5S/c1-12(2)22-19(24)14(4)28-20(25)15-6-5-13(3)18(11-15)29(26,27)23-17-9-7-16(21)8-10-17/h5-12,14,23H,1-4H3,(H,22,24)/t14-/m0/s1. The fraction of sp³-hybridized carbons (Fsp3) is 0.300. The Morgan fingerprint density at radius 3 is 2.24 bits per heavy atom. The summed E-state index contributed by atoms with van der Waals surface area (Å²) in [6, 6.07) is 8.78. The van der Waals surface area contributed by atoms with E-state index in [9.17, 15) is 22.4 Å². The lowest BCUT2D eigenvalue weighted by Crippen LogP contribution is -2.39. The maximum absolute atomic E-state index is 13.0. The summed E-state index contributed by atoms with van der Waals surface area (Å²) in [4.78, 5) is 24.2. The largest absolute Gasteiger partial charge is 0.449 e. The van der Waals surface area contributed by atoms with Crippen molar-refractivity contribution in [3.8, 4) is 0 Å². The van der Waals surface area contributed by atoms with Crippen molar-refractivity contribution in [1.82, 2.24) is 5.32 Å². The number of esters is 1. The first-order valence-electron chi connectivity index (χ1n) is 8.90. The maximum atomic E-state index is 13.0. The molecule has 2 aromatic carbocycles. The lowest BCUT2D eigenvalue weighted by Gasteiger charge is -2.16. The molecule has 2 aromatic rings. The van der Waals surface area contributed by atoms with E-state index in [-0.39, 0.29) is 22.2 Å². The van der Waals surface area contributed by atoms with Crippen LogP contribution in [0.3, 0.4) is 0 Å². The minimum absolute atomic E-state index is 0.0146. The average Bonchev–Trinajstić information content (AvgIpc) is 2.63. The number of rotatable bonds is 7. The van der Waals surface area contributed by atoms with E-state index in [4.69, 9.17) is 4.74 Å². The van der Waals surface area contributed by atoms with Crippen molar-refractivity contribution in [3.05, 3.63) is 59.4 Å². The van der Waals surface area contributed by atoms with Gasteiger partial charge in [-0.15, -0.1) is 0 Å². The molecule has 2 rings (SSSR count). The van der Waals surface area contributed by atoms with Crippen LogP contribution in [0.15, 0.2) is 47.4 Å². The Bertz CT molecular complexity index is 1000. The van der Waals surface area contributed by atoms with Crippen molar-refractivity contribution in [2.45, 2.75) is 44.7 Å². The number of amides is 1. The molecule has 0 saturated carbocycles. The topological polar surface area (TPSA) is 102 Å². The van der Waals surface area contributed by atoms with E-state index in [2.05, 4.69) is 10.0 Å². The summed E-state index contributed by atoms with van der Waals surface area (Å²) < 4.78 is 45.9. The molecule has 0 heterocycles. The Morgan fingerprint density at radius 2 is 1.66 bits per heavy atom. The first-order chi connectivity index (χ1) is 13.5. The van der Waals surface area contributed by atoms with Crippen LogP contribution in [0.25, 0.3) is 0 Å². The number of anilines is 1. The summed E-state index contributed by atoms with van der Waals surface area (Å²) in [5.74, 6) is -1.77. The van der Waals surface area contributed by atoms with Crippen molar-refractivity contribution >= 4 is 27.6 Å². The molecule has 0 radical (unpaired) electrons. The minimum atomic E-state index is -4.03. The highest BCUT2D eigenvalue weighted by molar-refractivity contribution is 7.92. The van der Waals surface area contributed by atoms with Gasteiger partial charge in [0.1, 0.15) is 5.82 Å². The van der Waals surface area contributed by atoms with Gasteiger partial charge in [-0.2, -0.15) is 0 Å². The van der Waals surface area contributed by atoms with Crippen molar-refractivity contribution in [1.29, 1.82) is 0 Å². The maximum Gasteiger partial charge on any atom is 0.338 e. The molecule has 29 heavy (non-hydrogen) atoms. The number of hydrogen-bond donors (Lipinski definition) is 2. The Balaban J connectivity index is 2.23. The smallest absolute Gasteiger partial charge is 0.338 e. The summed E-state index contributed by atoms with van der Waals surface area (Å²) in [5.41, 5.74) is 0.568. The molecule has 156 valence electrons. The fourth-order valence-corrected chi connectivity index (χ4v) is 3.76. The zero-order valence-corrected chi connectivity index (χ0v) is 17.3. The number of benzene rings is 2. The van der Waals surface area contributed by atoms with Gasteiger partial charge >= 0.3 is 5.97 Å². The van der Waals surface area contributed by atoms with Gasteiger partial charge in [0.25, 0.3) is 15.9 Å². The van der Waals surface area contributed by atoms with E-state index in [1.165, 1.54) is 37.3 Å². The van der Waals surface area contributed by atoms with Gasteiger partial charge in [0.15, 0.2) is 6.10 Å². The Kier molecular flexibility index (Phi) is 6.97. The highest BCUT2D eigenvalue weighted by Crippen LogP contribution is 2.22. The average molecular weight is 422 g/mol. The summed E-state index contributed by atoms with van der Waals surface area (Å²) in [6.07, 6.45) is -1.04. The second-order valence-corrected chi connectivity index (χ2v) is 8.45. The second-order valence-electron chi connectivity index (χ2n) is 6.80. The van der Waals surface area contributed by atoms with Crippen molar-refractivity contribution in [3.63, 3.8) is 0 Å². The monoisotopic (exact) mass is 422 g/mol. The van der Waals surface area contributed by atoms with Crippen LogP contribution in [0.1, 0.15) is 36.7 Å². The quantitative estimate of drug-likeness (QED) is 0.668. The zero-order chi connectivity index (χ0) is 21.8.